The van der Waals surface area contributed by atoms with Gasteiger partial charge in [-0.25, -0.2) is 13.1 Å². The van der Waals surface area contributed by atoms with Crippen LogP contribution in [-0.2, 0) is 14.8 Å². The van der Waals surface area contributed by atoms with Crippen molar-refractivity contribution in [3.8, 4) is 11.5 Å². The highest BCUT2D eigenvalue weighted by molar-refractivity contribution is 7.89. The predicted octanol–water partition coefficient (Wildman–Crippen LogP) is 2.40. The van der Waals surface area contributed by atoms with Crippen molar-refractivity contribution in [2.24, 2.45) is 5.92 Å². The molecule has 2 aromatic carbocycles. The molecule has 9 heteroatoms. The Hall–Kier alpha value is -2.29. The molecule has 2 heterocycles. The van der Waals surface area contributed by atoms with Gasteiger partial charge in [-0.3, -0.25) is 4.79 Å². The summed E-state index contributed by atoms with van der Waals surface area (Å²) in [6.45, 7) is 0.779. The van der Waals surface area contributed by atoms with Gasteiger partial charge in [0, 0.05) is 36.3 Å². The molecule has 1 saturated heterocycles. The molecule has 0 aliphatic carbocycles. The first-order valence-corrected chi connectivity index (χ1v) is 10.2. The molecule has 2 aliphatic rings. The Kier molecular flexibility index (Phi) is 4.71. The van der Waals surface area contributed by atoms with Crippen molar-refractivity contribution in [3.63, 3.8) is 0 Å². The van der Waals surface area contributed by atoms with Crippen molar-refractivity contribution >= 4 is 33.2 Å². The highest BCUT2D eigenvalue weighted by atomic mass is 35.5. The molecule has 1 amide bonds. The summed E-state index contributed by atoms with van der Waals surface area (Å²) in [5, 5.41) is 0.467. The number of hydrogen-bond donors (Lipinski definition) is 1. The second kappa shape index (κ2) is 7.03. The number of carbonyl (C=O) groups excluding carboxylic acids is 1. The fraction of sp³-hybridized carbons (Fsp3) is 0.278. The molecule has 0 spiro atoms. The third kappa shape index (κ3) is 3.73. The van der Waals surface area contributed by atoms with Crippen molar-refractivity contribution < 1.29 is 22.7 Å². The Morgan fingerprint density at radius 1 is 1.11 bits per heavy atom. The van der Waals surface area contributed by atoms with Crippen LogP contribution in [0.25, 0.3) is 0 Å². The van der Waals surface area contributed by atoms with Crippen LogP contribution >= 0.6 is 11.6 Å². The summed E-state index contributed by atoms with van der Waals surface area (Å²) in [5.74, 6) is 1.08. The molecule has 2 aromatic rings. The average Bonchev–Trinajstić information content (AvgIpc) is 3.26. The maximum Gasteiger partial charge on any atom is 0.240 e. The lowest BCUT2D eigenvalue weighted by molar-refractivity contribution is -0.117. The predicted molar refractivity (Wildman–Crippen MR) is 99.7 cm³/mol. The maximum absolute atomic E-state index is 12.4. The lowest BCUT2D eigenvalue weighted by atomic mass is 10.1. The summed E-state index contributed by atoms with van der Waals surface area (Å²) in [7, 11) is -3.65. The molecule has 7 nitrogen and oxygen atoms in total. The minimum absolute atomic E-state index is 0.0513. The number of fused-ring (bicyclic) bond motifs is 1. The van der Waals surface area contributed by atoms with E-state index in [0.29, 0.717) is 28.8 Å². The molecule has 2 aliphatic heterocycles. The highest BCUT2D eigenvalue weighted by Gasteiger charge is 2.32. The van der Waals surface area contributed by atoms with Crippen LogP contribution in [0.1, 0.15) is 6.42 Å². The fourth-order valence-electron chi connectivity index (χ4n) is 3.15. The number of anilines is 1. The minimum atomic E-state index is -3.65. The molecule has 142 valence electrons. The lowest BCUT2D eigenvalue weighted by Gasteiger charge is -2.17. The third-order valence-corrected chi connectivity index (χ3v) is 6.25. The smallest absolute Gasteiger partial charge is 0.240 e. The molecule has 0 unspecified atom stereocenters. The number of ether oxygens (including phenoxy) is 2. The standard InChI is InChI=1S/C18H17ClN2O5S/c19-13-1-4-15(5-2-13)27(23,24)20-9-12-7-18(22)21(10-12)14-3-6-16-17(8-14)26-11-25-16/h1-6,8,12,20H,7,9-11H2/t12-/m1/s1. The van der Waals surface area contributed by atoms with E-state index in [9.17, 15) is 13.2 Å². The second-order valence-corrected chi connectivity index (χ2v) is 8.62. The maximum atomic E-state index is 12.4. The van der Waals surface area contributed by atoms with Crippen molar-refractivity contribution in [1.82, 2.24) is 4.72 Å². The van der Waals surface area contributed by atoms with E-state index in [2.05, 4.69) is 4.72 Å². The average molecular weight is 409 g/mol. The summed E-state index contributed by atoms with van der Waals surface area (Å²) in [6.07, 6.45) is 0.275. The molecule has 1 fully saturated rings. The van der Waals surface area contributed by atoms with Crippen LogP contribution in [0.5, 0.6) is 11.5 Å². The van der Waals surface area contributed by atoms with E-state index in [0.717, 1.165) is 0 Å². The number of halogens is 1. The van der Waals surface area contributed by atoms with Crippen molar-refractivity contribution in [1.29, 1.82) is 0 Å². The topological polar surface area (TPSA) is 84.9 Å². The number of nitrogens with one attached hydrogen (secondary N) is 1. The molecule has 4 rings (SSSR count). The van der Waals surface area contributed by atoms with Gasteiger partial charge in [0.1, 0.15) is 0 Å². The Balaban J connectivity index is 1.41. The van der Waals surface area contributed by atoms with Gasteiger partial charge in [0.25, 0.3) is 0 Å². The van der Waals surface area contributed by atoms with Crippen molar-refractivity contribution in [2.45, 2.75) is 11.3 Å². The summed E-state index contributed by atoms with van der Waals surface area (Å²) in [4.78, 5) is 14.2. The van der Waals surface area contributed by atoms with Gasteiger partial charge in [0.15, 0.2) is 11.5 Å². The normalized spacial score (nSPS) is 18.9. The Labute approximate surface area is 161 Å². The van der Waals surface area contributed by atoms with E-state index in [1.807, 2.05) is 0 Å². The zero-order valence-electron chi connectivity index (χ0n) is 14.2. The SMILES string of the molecule is O=C1C[C@H](CNS(=O)(=O)c2ccc(Cl)cc2)CN1c1ccc2c(c1)OCO2. The summed E-state index contributed by atoms with van der Waals surface area (Å²) >= 11 is 5.79. The van der Waals surface area contributed by atoms with E-state index in [-0.39, 0.29) is 36.5 Å². The zero-order valence-corrected chi connectivity index (χ0v) is 15.8. The molecule has 0 radical (unpaired) electrons. The largest absolute Gasteiger partial charge is 0.454 e. The summed E-state index contributed by atoms with van der Waals surface area (Å²) in [5.41, 5.74) is 0.715. The van der Waals surface area contributed by atoms with Crippen molar-refractivity contribution in [3.05, 3.63) is 47.5 Å². The van der Waals surface area contributed by atoms with E-state index in [1.54, 1.807) is 23.1 Å². The van der Waals surface area contributed by atoms with Gasteiger partial charge in [-0.2, -0.15) is 0 Å². The van der Waals surface area contributed by atoms with Crippen LogP contribution < -0.4 is 19.1 Å². The van der Waals surface area contributed by atoms with E-state index < -0.39 is 10.0 Å². The van der Waals surface area contributed by atoms with Gasteiger partial charge in [-0.1, -0.05) is 11.6 Å². The summed E-state index contributed by atoms with van der Waals surface area (Å²) in [6, 6.07) is 11.3. The minimum Gasteiger partial charge on any atom is -0.454 e. The first kappa shape index (κ1) is 18.1. The Morgan fingerprint density at radius 2 is 1.85 bits per heavy atom. The first-order valence-electron chi connectivity index (χ1n) is 8.37. The molecule has 1 atom stereocenters. The molecule has 0 saturated carbocycles. The van der Waals surface area contributed by atoms with Crippen molar-refractivity contribution in [2.75, 3.05) is 24.8 Å². The number of benzene rings is 2. The van der Waals surface area contributed by atoms with Gasteiger partial charge in [0.05, 0.1) is 4.90 Å². The first-order chi connectivity index (χ1) is 12.9. The number of sulfonamides is 1. The molecule has 27 heavy (non-hydrogen) atoms. The van der Waals surface area contributed by atoms with Gasteiger partial charge in [-0.05, 0) is 42.3 Å². The number of amides is 1. The number of hydrogen-bond acceptors (Lipinski definition) is 5. The molecular formula is C18H17ClN2O5S. The van der Waals surface area contributed by atoms with Gasteiger partial charge >= 0.3 is 0 Å². The van der Waals surface area contributed by atoms with Crippen LogP contribution in [0, 0.1) is 5.92 Å². The van der Waals surface area contributed by atoms with Gasteiger partial charge in [0.2, 0.25) is 22.7 Å². The van der Waals surface area contributed by atoms with Crippen LogP contribution in [-0.4, -0.2) is 34.2 Å². The molecule has 0 bridgehead atoms. The molecular weight excluding hydrogens is 392 g/mol. The van der Waals surface area contributed by atoms with Crippen LogP contribution in [0.2, 0.25) is 5.02 Å². The van der Waals surface area contributed by atoms with Gasteiger partial charge in [-0.15, -0.1) is 0 Å². The monoisotopic (exact) mass is 408 g/mol. The van der Waals surface area contributed by atoms with Crippen LogP contribution in [0.4, 0.5) is 5.69 Å². The van der Waals surface area contributed by atoms with Crippen LogP contribution in [0.3, 0.4) is 0 Å². The fourth-order valence-corrected chi connectivity index (χ4v) is 4.39. The Morgan fingerprint density at radius 3 is 2.63 bits per heavy atom. The second-order valence-electron chi connectivity index (χ2n) is 6.42. The van der Waals surface area contributed by atoms with Gasteiger partial charge < -0.3 is 14.4 Å². The Bertz CT molecular complexity index is 978. The molecule has 0 aromatic heterocycles. The summed E-state index contributed by atoms with van der Waals surface area (Å²) < 4.78 is 38.0. The number of carbonyl (C=O) groups is 1. The molecule has 1 N–H and O–H groups in total. The lowest BCUT2D eigenvalue weighted by Crippen LogP contribution is -2.31. The van der Waals surface area contributed by atoms with E-state index >= 15 is 0 Å². The number of rotatable bonds is 5. The van der Waals surface area contributed by atoms with E-state index in [4.69, 9.17) is 21.1 Å². The zero-order chi connectivity index (χ0) is 19.0. The third-order valence-electron chi connectivity index (χ3n) is 4.56. The van der Waals surface area contributed by atoms with E-state index in [1.165, 1.54) is 24.3 Å². The quantitative estimate of drug-likeness (QED) is 0.821. The number of nitrogens with zero attached hydrogens (tertiary/aromatic N) is 1. The van der Waals surface area contributed by atoms with Crippen LogP contribution in [0.15, 0.2) is 47.4 Å². The highest BCUT2D eigenvalue weighted by Crippen LogP contribution is 2.37.